The second-order valence-corrected chi connectivity index (χ2v) is 7.88. The van der Waals surface area contributed by atoms with Gasteiger partial charge >= 0.3 is 17.6 Å². The van der Waals surface area contributed by atoms with Crippen molar-refractivity contribution in [1.82, 2.24) is 0 Å². The molecule has 0 radical (unpaired) electrons. The van der Waals surface area contributed by atoms with Crippen LogP contribution in [-0.2, 0) is 26.0 Å². The molecule has 0 bridgehead atoms. The van der Waals surface area contributed by atoms with Gasteiger partial charge in [0.25, 0.3) is 4.90 Å². The Labute approximate surface area is 144 Å². The third-order valence-electron chi connectivity index (χ3n) is 4.17. The highest BCUT2D eigenvalue weighted by Crippen LogP contribution is 2.46. The Hall–Kier alpha value is -1.18. The predicted molar refractivity (Wildman–Crippen MR) is 90.7 cm³/mol. The highest BCUT2D eigenvalue weighted by atomic mass is 32.2. The lowest BCUT2D eigenvalue weighted by molar-refractivity contribution is -0.137. The fourth-order valence-corrected chi connectivity index (χ4v) is 3.89. The molecular formula is C17H23F3NO2S+. The minimum Gasteiger partial charge on any atom is -0.380 e. The van der Waals surface area contributed by atoms with Crippen LogP contribution in [0.2, 0.25) is 0 Å². The van der Waals surface area contributed by atoms with Crippen molar-refractivity contribution in [3.8, 4) is 0 Å². The maximum atomic E-state index is 13.1. The van der Waals surface area contributed by atoms with Gasteiger partial charge in [-0.2, -0.15) is 13.2 Å². The lowest BCUT2D eigenvalue weighted by Crippen LogP contribution is -2.41. The molecule has 7 heteroatoms. The van der Waals surface area contributed by atoms with E-state index in [-0.39, 0.29) is 0 Å². The first kappa shape index (κ1) is 19.1. The summed E-state index contributed by atoms with van der Waals surface area (Å²) in [5.74, 6) is 0. The van der Waals surface area contributed by atoms with E-state index in [0.29, 0.717) is 23.5 Å². The zero-order valence-corrected chi connectivity index (χ0v) is 15.1. The van der Waals surface area contributed by atoms with Crippen molar-refractivity contribution < 1.29 is 21.5 Å². The summed E-state index contributed by atoms with van der Waals surface area (Å²) in [5.41, 5.74) is -1.35. The second-order valence-electron chi connectivity index (χ2n) is 6.63. The Bertz CT molecular complexity index is 598. The molecule has 134 valence electrons. The Balaban J connectivity index is 2.39. The molecule has 1 saturated heterocycles. The Morgan fingerprint density at radius 1 is 1.17 bits per heavy atom. The van der Waals surface area contributed by atoms with E-state index in [9.17, 15) is 13.2 Å². The number of anilines is 1. The molecular weight excluding hydrogens is 339 g/mol. The summed E-state index contributed by atoms with van der Waals surface area (Å²) in [4.78, 5) is 0.382. The number of alkyl halides is 3. The van der Waals surface area contributed by atoms with Crippen LogP contribution in [0.3, 0.4) is 0 Å². The molecule has 1 aliphatic rings. The Kier molecular flexibility index (Phi) is 5.28. The molecule has 0 saturated carbocycles. The van der Waals surface area contributed by atoms with Crippen molar-refractivity contribution in [2.75, 3.05) is 11.9 Å². The van der Waals surface area contributed by atoms with Crippen molar-refractivity contribution in [3.63, 3.8) is 0 Å². The molecule has 0 atom stereocenters. The van der Waals surface area contributed by atoms with Crippen molar-refractivity contribution in [2.24, 2.45) is 0 Å². The van der Waals surface area contributed by atoms with E-state index in [1.807, 2.05) is 27.7 Å². The van der Waals surface area contributed by atoms with E-state index >= 15 is 0 Å². The van der Waals surface area contributed by atoms with Crippen molar-refractivity contribution in [2.45, 2.75) is 56.4 Å². The lowest BCUT2D eigenvalue weighted by Gasteiger charge is -2.23. The monoisotopic (exact) mass is 362 g/mol. The molecule has 24 heavy (non-hydrogen) atoms. The lowest BCUT2D eigenvalue weighted by atomic mass is 9.90. The number of hydrogen-bond donors (Lipinski definition) is 1. The molecule has 1 N–H and O–H groups in total. The predicted octanol–water partition coefficient (Wildman–Crippen LogP) is 5.10. The van der Waals surface area contributed by atoms with Crippen LogP contribution in [0.15, 0.2) is 35.7 Å². The van der Waals surface area contributed by atoms with E-state index in [2.05, 4.69) is 11.9 Å². The van der Waals surface area contributed by atoms with Gasteiger partial charge in [-0.3, -0.25) is 0 Å². The molecule has 3 nitrogen and oxygen atoms in total. The SMILES string of the molecule is C=CCCNc1ccc(C(F)(F)F)cc1[S+]1OC(C)(C)C(C)(C)O1. The van der Waals surface area contributed by atoms with Crippen LogP contribution in [0.5, 0.6) is 0 Å². The van der Waals surface area contributed by atoms with Crippen LogP contribution >= 0.6 is 0 Å². The summed E-state index contributed by atoms with van der Waals surface area (Å²) in [6.45, 7) is 11.7. The minimum atomic E-state index is -4.41. The number of benzene rings is 1. The second kappa shape index (κ2) is 6.61. The first-order chi connectivity index (χ1) is 11.0. The molecule has 0 amide bonds. The number of rotatable bonds is 5. The Morgan fingerprint density at radius 3 is 2.25 bits per heavy atom. The Morgan fingerprint density at radius 2 is 1.75 bits per heavy atom. The number of hydrogen-bond acceptors (Lipinski definition) is 3. The maximum Gasteiger partial charge on any atom is 0.416 e. The summed E-state index contributed by atoms with van der Waals surface area (Å²) in [6, 6.07) is 3.60. The van der Waals surface area contributed by atoms with Crippen LogP contribution < -0.4 is 5.32 Å². The first-order valence-corrected chi connectivity index (χ1v) is 8.75. The molecule has 0 unspecified atom stereocenters. The summed E-state index contributed by atoms with van der Waals surface area (Å²) >= 11 is -1.18. The minimum absolute atomic E-state index is 0.382. The first-order valence-electron chi connectivity index (χ1n) is 7.67. The van der Waals surface area contributed by atoms with E-state index in [0.717, 1.165) is 12.1 Å². The molecule has 0 aromatic heterocycles. The standard InChI is InChI=1S/C17H23F3NO2S/c1-6-7-10-21-13-9-8-12(17(18,19)20)11-14(13)24-22-15(2,3)16(4,5)23-24/h6,8-9,11,21H,1,7,10H2,2-5H3/q+1. The van der Waals surface area contributed by atoms with Crippen molar-refractivity contribution in [1.29, 1.82) is 0 Å². The van der Waals surface area contributed by atoms with Gasteiger partial charge in [-0.25, -0.2) is 0 Å². The van der Waals surface area contributed by atoms with Crippen LogP contribution in [0, 0.1) is 0 Å². The van der Waals surface area contributed by atoms with E-state index in [4.69, 9.17) is 8.37 Å². The number of halogens is 3. The number of nitrogens with one attached hydrogen (secondary N) is 1. The fourth-order valence-electron chi connectivity index (χ4n) is 1.98. The maximum absolute atomic E-state index is 13.1. The van der Waals surface area contributed by atoms with Gasteiger partial charge in [-0.1, -0.05) is 6.08 Å². The molecule has 1 fully saturated rings. The van der Waals surface area contributed by atoms with Gasteiger partial charge in [-0.05, 0) is 46.2 Å². The van der Waals surface area contributed by atoms with Gasteiger partial charge < -0.3 is 5.32 Å². The molecule has 2 rings (SSSR count). The highest BCUT2D eigenvalue weighted by Gasteiger charge is 2.60. The van der Waals surface area contributed by atoms with Crippen LogP contribution in [0.4, 0.5) is 18.9 Å². The molecule has 1 aromatic carbocycles. The summed E-state index contributed by atoms with van der Waals surface area (Å²) in [5, 5.41) is 3.13. The topological polar surface area (TPSA) is 30.5 Å². The summed E-state index contributed by atoms with van der Waals surface area (Å²) in [6.07, 6.45) is -1.97. The van der Waals surface area contributed by atoms with Crippen LogP contribution in [0.1, 0.15) is 39.7 Å². The van der Waals surface area contributed by atoms with Crippen LogP contribution in [0.25, 0.3) is 0 Å². The van der Waals surface area contributed by atoms with Gasteiger partial charge in [0.05, 0.1) is 11.3 Å². The largest absolute Gasteiger partial charge is 0.416 e. The average molecular weight is 362 g/mol. The quantitative estimate of drug-likeness (QED) is 0.449. The third-order valence-corrected chi connectivity index (χ3v) is 6.00. The van der Waals surface area contributed by atoms with E-state index in [1.54, 1.807) is 6.08 Å². The molecule has 0 spiro atoms. The van der Waals surface area contributed by atoms with Crippen molar-refractivity contribution in [3.05, 3.63) is 36.4 Å². The molecule has 1 aliphatic heterocycles. The van der Waals surface area contributed by atoms with Crippen LogP contribution in [-0.4, -0.2) is 17.7 Å². The van der Waals surface area contributed by atoms with E-state index < -0.39 is 34.4 Å². The smallest absolute Gasteiger partial charge is 0.380 e. The average Bonchev–Trinajstić information content (AvgIpc) is 2.66. The molecule has 1 aromatic rings. The molecule has 0 aliphatic carbocycles. The fraction of sp³-hybridized carbons (Fsp3) is 0.529. The zero-order valence-electron chi connectivity index (χ0n) is 14.3. The van der Waals surface area contributed by atoms with E-state index in [1.165, 1.54) is 6.07 Å². The zero-order chi connectivity index (χ0) is 18.2. The van der Waals surface area contributed by atoms with Gasteiger partial charge in [0.1, 0.15) is 0 Å². The highest BCUT2D eigenvalue weighted by molar-refractivity contribution is 7.88. The van der Waals surface area contributed by atoms with Gasteiger partial charge in [-0.15, -0.1) is 14.9 Å². The summed E-state index contributed by atoms with van der Waals surface area (Å²) in [7, 11) is 0. The van der Waals surface area contributed by atoms with Crippen molar-refractivity contribution >= 4 is 17.1 Å². The van der Waals surface area contributed by atoms with Gasteiger partial charge in [0.2, 0.25) is 0 Å². The normalized spacial score (nSPS) is 20.1. The third kappa shape index (κ3) is 3.90. The summed E-state index contributed by atoms with van der Waals surface area (Å²) < 4.78 is 51.1. The van der Waals surface area contributed by atoms with Gasteiger partial charge in [0, 0.05) is 12.6 Å². The van der Waals surface area contributed by atoms with Gasteiger partial charge in [0.15, 0.2) is 11.2 Å². The molecule has 1 heterocycles.